The van der Waals surface area contributed by atoms with Gasteiger partial charge in [-0.2, -0.15) is 27.9 Å². The molecule has 2 aromatic heterocycles. The lowest BCUT2D eigenvalue weighted by molar-refractivity contribution is -0.137. The highest BCUT2D eigenvalue weighted by molar-refractivity contribution is 5.92. The summed E-state index contributed by atoms with van der Waals surface area (Å²) in [5.41, 5.74) is -0.205. The van der Waals surface area contributed by atoms with E-state index in [1.54, 1.807) is 48.5 Å². The highest BCUT2D eigenvalue weighted by Crippen LogP contribution is 2.32. The van der Waals surface area contributed by atoms with Gasteiger partial charge in [-0.3, -0.25) is 4.79 Å². The molecule has 0 aliphatic heterocycles. The monoisotopic (exact) mass is 434 g/mol. The first-order valence-corrected chi connectivity index (χ1v) is 9.51. The normalized spacial score (nSPS) is 11.7. The van der Waals surface area contributed by atoms with Crippen LogP contribution in [0.1, 0.15) is 5.56 Å². The molecule has 0 aliphatic carbocycles. The summed E-state index contributed by atoms with van der Waals surface area (Å²) in [5.74, 6) is -0.0345. The van der Waals surface area contributed by atoms with Crippen LogP contribution in [0.25, 0.3) is 39.4 Å². The molecule has 0 bridgehead atoms. The lowest BCUT2D eigenvalue weighted by Crippen LogP contribution is -2.22. The number of alkyl halides is 3. The lowest BCUT2D eigenvalue weighted by Gasteiger charge is -2.08. The van der Waals surface area contributed by atoms with Crippen molar-refractivity contribution >= 4 is 10.8 Å². The van der Waals surface area contributed by atoms with Crippen molar-refractivity contribution in [1.82, 2.24) is 19.9 Å². The molecule has 0 N–H and O–H groups in total. The molecule has 9 heteroatoms. The van der Waals surface area contributed by atoms with Crippen molar-refractivity contribution in [2.75, 3.05) is 0 Å². The maximum absolute atomic E-state index is 13.1. The van der Waals surface area contributed by atoms with Crippen LogP contribution >= 0.6 is 0 Å². The molecule has 2 heterocycles. The second-order valence-electron chi connectivity index (χ2n) is 6.95. The number of halogens is 3. The largest absolute Gasteiger partial charge is 0.416 e. The van der Waals surface area contributed by atoms with Gasteiger partial charge in [0.05, 0.1) is 16.6 Å². The summed E-state index contributed by atoms with van der Waals surface area (Å²) in [6.45, 7) is 0. The third-order valence-electron chi connectivity index (χ3n) is 4.88. The predicted molar refractivity (Wildman–Crippen MR) is 111 cm³/mol. The van der Waals surface area contributed by atoms with E-state index < -0.39 is 11.7 Å². The molecule has 0 saturated carbocycles. The summed E-state index contributed by atoms with van der Waals surface area (Å²) >= 11 is 0. The van der Waals surface area contributed by atoms with Gasteiger partial charge in [-0.25, -0.2) is 0 Å². The molecule has 3 aromatic carbocycles. The zero-order chi connectivity index (χ0) is 22.3. The zero-order valence-corrected chi connectivity index (χ0v) is 16.2. The van der Waals surface area contributed by atoms with Gasteiger partial charge in [-0.05, 0) is 30.3 Å². The maximum Gasteiger partial charge on any atom is 0.416 e. The van der Waals surface area contributed by atoms with E-state index in [-0.39, 0.29) is 28.5 Å². The number of nitrogens with zero attached hydrogens (tertiary/aromatic N) is 4. The molecule has 158 valence electrons. The molecule has 0 atom stereocenters. The zero-order valence-electron chi connectivity index (χ0n) is 16.2. The average Bonchev–Trinajstić information content (AvgIpc) is 3.30. The molecule has 0 unspecified atom stereocenters. The number of hydrogen-bond acceptors (Lipinski definition) is 5. The summed E-state index contributed by atoms with van der Waals surface area (Å²) in [5, 5.41) is 9.15. The number of benzene rings is 3. The van der Waals surface area contributed by atoms with Crippen LogP contribution in [0.2, 0.25) is 0 Å². The van der Waals surface area contributed by atoms with Gasteiger partial charge in [0.15, 0.2) is 5.69 Å². The van der Waals surface area contributed by atoms with Gasteiger partial charge in [0.2, 0.25) is 5.82 Å². The van der Waals surface area contributed by atoms with Crippen LogP contribution < -0.4 is 5.56 Å². The van der Waals surface area contributed by atoms with Crippen molar-refractivity contribution < 1.29 is 17.7 Å². The first kappa shape index (κ1) is 19.7. The fourth-order valence-electron chi connectivity index (χ4n) is 3.36. The van der Waals surface area contributed by atoms with Crippen molar-refractivity contribution in [2.24, 2.45) is 0 Å². The SMILES string of the molecule is O=c1c2ccccc2c(-c2nc(-c3cccc(C(F)(F)F)c3)no2)nn1-c1ccccc1. The Hall–Kier alpha value is -4.27. The Bertz CT molecular complexity index is 1490. The van der Waals surface area contributed by atoms with Crippen molar-refractivity contribution in [3.05, 3.63) is 94.8 Å². The number of fused-ring (bicyclic) bond motifs is 1. The smallest absolute Gasteiger partial charge is 0.332 e. The molecular weight excluding hydrogens is 421 g/mol. The van der Waals surface area contributed by atoms with Crippen LogP contribution in [0.4, 0.5) is 13.2 Å². The molecular formula is C23H13F3N4O2. The van der Waals surface area contributed by atoms with Crippen LogP contribution in [0.5, 0.6) is 0 Å². The van der Waals surface area contributed by atoms with E-state index in [1.165, 1.54) is 16.8 Å². The summed E-state index contributed by atoms with van der Waals surface area (Å²) in [6.07, 6.45) is -4.49. The van der Waals surface area contributed by atoms with E-state index in [0.29, 0.717) is 16.5 Å². The molecule has 0 amide bonds. The minimum Gasteiger partial charge on any atom is -0.332 e. The van der Waals surface area contributed by atoms with Gasteiger partial charge in [-0.1, -0.05) is 53.7 Å². The van der Waals surface area contributed by atoms with Crippen LogP contribution in [0.15, 0.2) is 88.2 Å². The topological polar surface area (TPSA) is 73.8 Å². The van der Waals surface area contributed by atoms with Gasteiger partial charge < -0.3 is 4.52 Å². The second-order valence-corrected chi connectivity index (χ2v) is 6.95. The third kappa shape index (κ3) is 3.43. The number of para-hydroxylation sites is 1. The fourth-order valence-corrected chi connectivity index (χ4v) is 3.36. The molecule has 6 nitrogen and oxygen atoms in total. The molecule has 5 aromatic rings. The van der Waals surface area contributed by atoms with Crippen molar-refractivity contribution in [3.8, 4) is 28.7 Å². The second kappa shape index (κ2) is 7.45. The molecule has 0 saturated heterocycles. The lowest BCUT2D eigenvalue weighted by atomic mass is 10.1. The standard InChI is InChI=1S/C23H13F3N4O2/c24-23(25,26)15-8-6-7-14(13-15)20-27-21(32-29-20)19-17-11-4-5-12-18(17)22(31)30(28-19)16-9-2-1-3-10-16/h1-13H. The Morgan fingerprint density at radius 2 is 1.56 bits per heavy atom. The Morgan fingerprint density at radius 3 is 2.31 bits per heavy atom. The summed E-state index contributed by atoms with van der Waals surface area (Å²) in [7, 11) is 0. The highest BCUT2D eigenvalue weighted by atomic mass is 19.4. The van der Waals surface area contributed by atoms with E-state index in [9.17, 15) is 18.0 Å². The molecule has 0 fully saturated rings. The van der Waals surface area contributed by atoms with Crippen LogP contribution in [-0.2, 0) is 6.18 Å². The predicted octanol–water partition coefficient (Wildman–Crippen LogP) is 5.12. The highest BCUT2D eigenvalue weighted by Gasteiger charge is 2.31. The fraction of sp³-hybridized carbons (Fsp3) is 0.0435. The molecule has 5 rings (SSSR count). The van der Waals surface area contributed by atoms with Crippen LogP contribution in [-0.4, -0.2) is 19.9 Å². The van der Waals surface area contributed by atoms with Gasteiger partial charge >= 0.3 is 6.18 Å². The van der Waals surface area contributed by atoms with Gasteiger partial charge in [0.25, 0.3) is 11.4 Å². The van der Waals surface area contributed by atoms with Gasteiger partial charge in [-0.15, -0.1) is 0 Å². The Labute approximate surface area is 178 Å². The summed E-state index contributed by atoms with van der Waals surface area (Å²) in [6, 6.07) is 20.3. The van der Waals surface area contributed by atoms with Crippen molar-refractivity contribution in [3.63, 3.8) is 0 Å². The molecule has 0 spiro atoms. The van der Waals surface area contributed by atoms with E-state index >= 15 is 0 Å². The Balaban J connectivity index is 1.68. The minimum absolute atomic E-state index is 0.0155. The first-order chi connectivity index (χ1) is 15.4. The maximum atomic E-state index is 13.1. The van der Waals surface area contributed by atoms with Gasteiger partial charge in [0.1, 0.15) is 0 Å². The average molecular weight is 434 g/mol. The van der Waals surface area contributed by atoms with E-state index in [1.807, 2.05) is 6.07 Å². The van der Waals surface area contributed by atoms with Gasteiger partial charge in [0, 0.05) is 10.9 Å². The van der Waals surface area contributed by atoms with Crippen LogP contribution in [0, 0.1) is 0 Å². The quantitative estimate of drug-likeness (QED) is 0.394. The number of rotatable bonds is 3. The number of hydrogen-bond donors (Lipinski definition) is 0. The molecule has 0 radical (unpaired) electrons. The van der Waals surface area contributed by atoms with Crippen LogP contribution in [0.3, 0.4) is 0 Å². The van der Waals surface area contributed by atoms with Crippen molar-refractivity contribution in [1.29, 1.82) is 0 Å². The first-order valence-electron chi connectivity index (χ1n) is 9.51. The van der Waals surface area contributed by atoms with Crippen molar-refractivity contribution in [2.45, 2.75) is 6.18 Å². The Kier molecular flexibility index (Phi) is 4.58. The Morgan fingerprint density at radius 1 is 0.844 bits per heavy atom. The number of aromatic nitrogens is 4. The summed E-state index contributed by atoms with van der Waals surface area (Å²) < 4.78 is 45.8. The molecule has 0 aliphatic rings. The summed E-state index contributed by atoms with van der Waals surface area (Å²) in [4.78, 5) is 17.3. The molecule has 32 heavy (non-hydrogen) atoms. The van der Waals surface area contributed by atoms with E-state index in [0.717, 1.165) is 12.1 Å². The minimum atomic E-state index is -4.49. The third-order valence-corrected chi connectivity index (χ3v) is 4.88. The van der Waals surface area contributed by atoms with E-state index in [4.69, 9.17) is 4.52 Å². The van der Waals surface area contributed by atoms with E-state index in [2.05, 4.69) is 15.2 Å².